The smallest absolute Gasteiger partial charge is 0.317 e. The van der Waals surface area contributed by atoms with Crippen LogP contribution in [0, 0.1) is 11.8 Å². The monoisotopic (exact) mass is 295 g/mol. The van der Waals surface area contributed by atoms with Crippen LogP contribution in [-0.4, -0.2) is 54.1 Å². The molecule has 2 aliphatic rings. The SMILES string of the molecule is CC1CCCN(CC2CCN(C(=O)NC(C)(C)C)CC2)C1. The standard InChI is InChI=1S/C17H33N3O/c1-14-6-5-9-19(12-14)13-15-7-10-20(11-8-15)16(21)18-17(2,3)4/h14-15H,5-13H2,1-4H3,(H,18,21). The van der Waals surface area contributed by atoms with Gasteiger partial charge < -0.3 is 15.1 Å². The molecule has 1 unspecified atom stereocenters. The van der Waals surface area contributed by atoms with Crippen LogP contribution in [0.4, 0.5) is 4.79 Å². The molecule has 0 aromatic heterocycles. The van der Waals surface area contributed by atoms with Crippen LogP contribution in [0.1, 0.15) is 53.4 Å². The Morgan fingerprint density at radius 2 is 1.81 bits per heavy atom. The number of likely N-dealkylation sites (tertiary alicyclic amines) is 2. The van der Waals surface area contributed by atoms with E-state index in [0.29, 0.717) is 0 Å². The van der Waals surface area contributed by atoms with Gasteiger partial charge in [0.05, 0.1) is 0 Å². The van der Waals surface area contributed by atoms with Crippen LogP contribution < -0.4 is 5.32 Å². The summed E-state index contributed by atoms with van der Waals surface area (Å²) < 4.78 is 0. The Morgan fingerprint density at radius 3 is 2.38 bits per heavy atom. The van der Waals surface area contributed by atoms with Crippen LogP contribution >= 0.6 is 0 Å². The third-order valence-electron chi connectivity index (χ3n) is 4.64. The van der Waals surface area contributed by atoms with E-state index in [1.165, 1.54) is 32.5 Å². The van der Waals surface area contributed by atoms with Gasteiger partial charge >= 0.3 is 6.03 Å². The number of urea groups is 1. The highest BCUT2D eigenvalue weighted by molar-refractivity contribution is 5.75. The zero-order valence-corrected chi connectivity index (χ0v) is 14.3. The van der Waals surface area contributed by atoms with E-state index >= 15 is 0 Å². The largest absolute Gasteiger partial charge is 0.333 e. The van der Waals surface area contributed by atoms with E-state index in [0.717, 1.165) is 37.8 Å². The molecule has 2 heterocycles. The summed E-state index contributed by atoms with van der Waals surface area (Å²) in [5.41, 5.74) is -0.141. The van der Waals surface area contributed by atoms with Crippen molar-refractivity contribution < 1.29 is 4.79 Å². The van der Waals surface area contributed by atoms with Crippen molar-refractivity contribution in [2.45, 2.75) is 58.9 Å². The van der Waals surface area contributed by atoms with Crippen LogP contribution in [0.5, 0.6) is 0 Å². The number of hydrogen-bond acceptors (Lipinski definition) is 2. The summed E-state index contributed by atoms with van der Waals surface area (Å²) in [7, 11) is 0. The van der Waals surface area contributed by atoms with Crippen molar-refractivity contribution in [1.82, 2.24) is 15.1 Å². The predicted molar refractivity (Wildman–Crippen MR) is 87.4 cm³/mol. The lowest BCUT2D eigenvalue weighted by molar-refractivity contribution is 0.120. The van der Waals surface area contributed by atoms with Crippen molar-refractivity contribution >= 4 is 6.03 Å². The first-order chi connectivity index (χ1) is 9.83. The van der Waals surface area contributed by atoms with Gasteiger partial charge in [-0.1, -0.05) is 6.92 Å². The van der Waals surface area contributed by atoms with Crippen LogP contribution in [-0.2, 0) is 0 Å². The Hall–Kier alpha value is -0.770. The number of rotatable bonds is 2. The van der Waals surface area contributed by atoms with E-state index < -0.39 is 0 Å². The zero-order chi connectivity index (χ0) is 15.5. The van der Waals surface area contributed by atoms with Gasteiger partial charge in [-0.15, -0.1) is 0 Å². The summed E-state index contributed by atoms with van der Waals surface area (Å²) in [5, 5.41) is 3.07. The fraction of sp³-hybridized carbons (Fsp3) is 0.941. The van der Waals surface area contributed by atoms with Crippen molar-refractivity contribution in [3.63, 3.8) is 0 Å². The second-order valence-electron chi connectivity index (χ2n) is 8.12. The van der Waals surface area contributed by atoms with E-state index in [1.807, 2.05) is 25.7 Å². The van der Waals surface area contributed by atoms with Crippen LogP contribution in [0.25, 0.3) is 0 Å². The first kappa shape index (κ1) is 16.6. The fourth-order valence-electron chi connectivity index (χ4n) is 3.54. The van der Waals surface area contributed by atoms with Gasteiger partial charge in [0.2, 0.25) is 0 Å². The summed E-state index contributed by atoms with van der Waals surface area (Å²) in [4.78, 5) is 16.8. The Labute approximate surface area is 130 Å². The molecule has 2 aliphatic heterocycles. The molecular formula is C17H33N3O. The Balaban J connectivity index is 1.71. The number of carbonyl (C=O) groups is 1. The van der Waals surface area contributed by atoms with Crippen molar-refractivity contribution in [1.29, 1.82) is 0 Å². The molecule has 4 nitrogen and oxygen atoms in total. The molecule has 0 aliphatic carbocycles. The van der Waals surface area contributed by atoms with Gasteiger partial charge in [-0.2, -0.15) is 0 Å². The molecule has 2 fully saturated rings. The maximum atomic E-state index is 12.2. The average Bonchev–Trinajstić information content (AvgIpc) is 2.37. The zero-order valence-electron chi connectivity index (χ0n) is 14.3. The summed E-state index contributed by atoms with van der Waals surface area (Å²) in [6.45, 7) is 14.1. The summed E-state index contributed by atoms with van der Waals surface area (Å²) >= 11 is 0. The number of amides is 2. The van der Waals surface area contributed by atoms with Crippen molar-refractivity contribution in [2.75, 3.05) is 32.7 Å². The first-order valence-electron chi connectivity index (χ1n) is 8.63. The number of carbonyl (C=O) groups excluding carboxylic acids is 1. The average molecular weight is 295 g/mol. The molecule has 2 saturated heterocycles. The van der Waals surface area contributed by atoms with Crippen molar-refractivity contribution in [3.8, 4) is 0 Å². The first-order valence-corrected chi connectivity index (χ1v) is 8.63. The third kappa shape index (κ3) is 5.50. The minimum Gasteiger partial charge on any atom is -0.333 e. The molecule has 21 heavy (non-hydrogen) atoms. The third-order valence-corrected chi connectivity index (χ3v) is 4.64. The molecule has 122 valence electrons. The minimum atomic E-state index is -0.141. The summed E-state index contributed by atoms with van der Waals surface area (Å²) in [6.07, 6.45) is 5.06. The van der Waals surface area contributed by atoms with E-state index in [-0.39, 0.29) is 11.6 Å². The Bertz CT molecular complexity index is 342. The quantitative estimate of drug-likeness (QED) is 0.850. The topological polar surface area (TPSA) is 35.6 Å². The molecule has 0 radical (unpaired) electrons. The van der Waals surface area contributed by atoms with E-state index in [4.69, 9.17) is 0 Å². The number of piperidine rings is 2. The molecule has 4 heteroatoms. The van der Waals surface area contributed by atoms with E-state index in [2.05, 4.69) is 17.1 Å². The predicted octanol–water partition coefficient (Wildman–Crippen LogP) is 2.94. The van der Waals surface area contributed by atoms with Crippen molar-refractivity contribution in [2.24, 2.45) is 11.8 Å². The van der Waals surface area contributed by atoms with Crippen LogP contribution in [0.2, 0.25) is 0 Å². The second kappa shape index (κ2) is 6.99. The van der Waals surface area contributed by atoms with Gasteiger partial charge in [-0.3, -0.25) is 0 Å². The molecule has 2 amide bonds. The second-order valence-corrected chi connectivity index (χ2v) is 8.12. The molecule has 1 atom stereocenters. The van der Waals surface area contributed by atoms with Gasteiger partial charge in [0.25, 0.3) is 0 Å². The number of nitrogens with one attached hydrogen (secondary N) is 1. The molecule has 0 aromatic carbocycles. The van der Waals surface area contributed by atoms with Gasteiger partial charge in [-0.05, 0) is 64.8 Å². The van der Waals surface area contributed by atoms with Gasteiger partial charge in [-0.25, -0.2) is 4.79 Å². The Morgan fingerprint density at radius 1 is 1.14 bits per heavy atom. The number of nitrogens with zero attached hydrogens (tertiary/aromatic N) is 2. The minimum absolute atomic E-state index is 0.104. The molecule has 0 aromatic rings. The number of hydrogen-bond donors (Lipinski definition) is 1. The lowest BCUT2D eigenvalue weighted by Gasteiger charge is -2.38. The van der Waals surface area contributed by atoms with Crippen LogP contribution in [0.3, 0.4) is 0 Å². The van der Waals surface area contributed by atoms with Crippen molar-refractivity contribution in [3.05, 3.63) is 0 Å². The molecule has 0 spiro atoms. The van der Waals surface area contributed by atoms with E-state index in [9.17, 15) is 4.79 Å². The summed E-state index contributed by atoms with van der Waals surface area (Å²) in [6, 6.07) is 0.104. The van der Waals surface area contributed by atoms with Gasteiger partial charge in [0.1, 0.15) is 0 Å². The summed E-state index contributed by atoms with van der Waals surface area (Å²) in [5.74, 6) is 1.63. The lowest BCUT2D eigenvalue weighted by atomic mass is 9.93. The maximum absolute atomic E-state index is 12.2. The fourth-order valence-corrected chi connectivity index (χ4v) is 3.54. The Kier molecular flexibility index (Phi) is 5.53. The molecule has 1 N–H and O–H groups in total. The van der Waals surface area contributed by atoms with E-state index in [1.54, 1.807) is 0 Å². The molecule has 0 bridgehead atoms. The molecule has 0 saturated carbocycles. The molecule has 2 rings (SSSR count). The maximum Gasteiger partial charge on any atom is 0.317 e. The highest BCUT2D eigenvalue weighted by Crippen LogP contribution is 2.22. The highest BCUT2D eigenvalue weighted by Gasteiger charge is 2.27. The van der Waals surface area contributed by atoms with Crippen LogP contribution in [0.15, 0.2) is 0 Å². The van der Waals surface area contributed by atoms with Gasteiger partial charge in [0, 0.05) is 31.7 Å². The lowest BCUT2D eigenvalue weighted by Crippen LogP contribution is -2.51. The highest BCUT2D eigenvalue weighted by atomic mass is 16.2. The van der Waals surface area contributed by atoms with Gasteiger partial charge in [0.15, 0.2) is 0 Å². The normalized spacial score (nSPS) is 25.9. The molecular weight excluding hydrogens is 262 g/mol.